The third-order valence-corrected chi connectivity index (χ3v) is 2.76. The lowest BCUT2D eigenvalue weighted by Gasteiger charge is -2.06. The summed E-state index contributed by atoms with van der Waals surface area (Å²) in [4.78, 5) is 11.7. The quantitative estimate of drug-likeness (QED) is 0.812. The van der Waals surface area contributed by atoms with Crippen molar-refractivity contribution in [3.8, 4) is 11.3 Å². The molecule has 0 radical (unpaired) electrons. The molecule has 0 saturated carbocycles. The van der Waals surface area contributed by atoms with Crippen LogP contribution in [0.5, 0.6) is 0 Å². The third-order valence-electron chi connectivity index (χ3n) is 2.76. The second kappa shape index (κ2) is 6.12. The van der Waals surface area contributed by atoms with Crippen molar-refractivity contribution >= 4 is 0 Å². The maximum Gasteiger partial charge on any atom is 0.266 e. The van der Waals surface area contributed by atoms with Gasteiger partial charge in [-0.15, -0.1) is 0 Å². The number of nitrogens with two attached hydrogens (primary N) is 1. The van der Waals surface area contributed by atoms with Crippen molar-refractivity contribution in [2.24, 2.45) is 5.73 Å². The van der Waals surface area contributed by atoms with Crippen LogP contribution in [0.2, 0.25) is 0 Å². The van der Waals surface area contributed by atoms with Gasteiger partial charge in [-0.3, -0.25) is 4.79 Å². The van der Waals surface area contributed by atoms with Crippen molar-refractivity contribution in [3.05, 3.63) is 52.8 Å². The van der Waals surface area contributed by atoms with Crippen LogP contribution < -0.4 is 11.3 Å². The Morgan fingerprint density at radius 1 is 1.06 bits per heavy atom. The van der Waals surface area contributed by atoms with Crippen LogP contribution in [0.15, 0.2) is 47.3 Å². The second-order valence-corrected chi connectivity index (χ2v) is 4.14. The lowest BCUT2D eigenvalue weighted by atomic mass is 10.1. The highest BCUT2D eigenvalue weighted by Gasteiger charge is 2.02. The Kier molecular flexibility index (Phi) is 4.25. The number of hydrogen-bond acceptors (Lipinski definition) is 3. The SMILES string of the molecule is NCCCCn1nc(-c2ccccc2)ccc1=O. The van der Waals surface area contributed by atoms with Crippen LogP contribution in [0, 0.1) is 0 Å². The molecule has 1 heterocycles. The molecule has 0 aliphatic rings. The van der Waals surface area contributed by atoms with E-state index in [-0.39, 0.29) is 5.56 Å². The van der Waals surface area contributed by atoms with Crippen molar-refractivity contribution < 1.29 is 0 Å². The predicted octanol–water partition coefficient (Wildman–Crippen LogP) is 1.65. The van der Waals surface area contributed by atoms with Crippen molar-refractivity contribution in [1.29, 1.82) is 0 Å². The minimum absolute atomic E-state index is 0.0632. The zero-order valence-corrected chi connectivity index (χ0v) is 10.2. The predicted molar refractivity (Wildman–Crippen MR) is 72.2 cm³/mol. The Morgan fingerprint density at radius 2 is 1.83 bits per heavy atom. The summed E-state index contributed by atoms with van der Waals surface area (Å²) in [6, 6.07) is 13.2. The number of aromatic nitrogens is 2. The van der Waals surface area contributed by atoms with E-state index in [0.29, 0.717) is 13.1 Å². The first-order chi connectivity index (χ1) is 8.81. The van der Waals surface area contributed by atoms with Gasteiger partial charge in [-0.25, -0.2) is 4.68 Å². The van der Waals surface area contributed by atoms with Crippen LogP contribution in [0.1, 0.15) is 12.8 Å². The molecule has 0 aliphatic heterocycles. The normalized spacial score (nSPS) is 10.5. The molecule has 2 aromatic rings. The van der Waals surface area contributed by atoms with Crippen LogP contribution >= 0.6 is 0 Å². The Balaban J connectivity index is 2.24. The molecule has 0 bridgehead atoms. The lowest BCUT2D eigenvalue weighted by molar-refractivity contribution is 0.537. The van der Waals surface area contributed by atoms with Gasteiger partial charge in [0.15, 0.2) is 0 Å². The van der Waals surface area contributed by atoms with Gasteiger partial charge in [0.1, 0.15) is 0 Å². The van der Waals surface area contributed by atoms with Gasteiger partial charge >= 0.3 is 0 Å². The molecule has 0 saturated heterocycles. The molecule has 18 heavy (non-hydrogen) atoms. The van der Waals surface area contributed by atoms with E-state index in [0.717, 1.165) is 24.1 Å². The molecule has 2 rings (SSSR count). The monoisotopic (exact) mass is 243 g/mol. The van der Waals surface area contributed by atoms with Crippen molar-refractivity contribution in [2.45, 2.75) is 19.4 Å². The number of rotatable bonds is 5. The van der Waals surface area contributed by atoms with Crippen LogP contribution in [-0.4, -0.2) is 16.3 Å². The van der Waals surface area contributed by atoms with Gasteiger partial charge in [-0.2, -0.15) is 5.10 Å². The van der Waals surface area contributed by atoms with Crippen LogP contribution in [-0.2, 0) is 6.54 Å². The standard InChI is InChI=1S/C14H17N3O/c15-10-4-5-11-17-14(18)9-8-13(16-17)12-6-2-1-3-7-12/h1-3,6-9H,4-5,10-11,15H2. The maximum atomic E-state index is 11.7. The lowest BCUT2D eigenvalue weighted by Crippen LogP contribution is -2.22. The molecule has 0 aliphatic carbocycles. The summed E-state index contributed by atoms with van der Waals surface area (Å²) < 4.78 is 1.51. The van der Waals surface area contributed by atoms with E-state index in [1.807, 2.05) is 30.3 Å². The zero-order chi connectivity index (χ0) is 12.8. The minimum atomic E-state index is -0.0632. The van der Waals surface area contributed by atoms with E-state index in [2.05, 4.69) is 5.10 Å². The number of hydrogen-bond donors (Lipinski definition) is 1. The average molecular weight is 243 g/mol. The first kappa shape index (κ1) is 12.5. The van der Waals surface area contributed by atoms with E-state index < -0.39 is 0 Å². The van der Waals surface area contributed by atoms with Crippen LogP contribution in [0.25, 0.3) is 11.3 Å². The first-order valence-corrected chi connectivity index (χ1v) is 6.15. The fourth-order valence-electron chi connectivity index (χ4n) is 1.78. The summed E-state index contributed by atoms with van der Waals surface area (Å²) in [5.74, 6) is 0. The first-order valence-electron chi connectivity index (χ1n) is 6.15. The minimum Gasteiger partial charge on any atom is -0.330 e. The average Bonchev–Trinajstić information content (AvgIpc) is 2.42. The fraction of sp³-hybridized carbons (Fsp3) is 0.286. The molecular formula is C14H17N3O. The Labute approximate surface area is 106 Å². The Morgan fingerprint density at radius 3 is 2.56 bits per heavy atom. The second-order valence-electron chi connectivity index (χ2n) is 4.14. The highest BCUT2D eigenvalue weighted by atomic mass is 16.1. The van der Waals surface area contributed by atoms with Gasteiger partial charge in [0.25, 0.3) is 5.56 Å². The van der Waals surface area contributed by atoms with Gasteiger partial charge in [0.05, 0.1) is 5.69 Å². The van der Waals surface area contributed by atoms with E-state index >= 15 is 0 Å². The number of aryl methyl sites for hydroxylation is 1. The fourth-order valence-corrected chi connectivity index (χ4v) is 1.78. The number of nitrogens with zero attached hydrogens (tertiary/aromatic N) is 2. The van der Waals surface area contributed by atoms with Crippen molar-refractivity contribution in [1.82, 2.24) is 9.78 Å². The van der Waals surface area contributed by atoms with E-state index in [9.17, 15) is 4.79 Å². The molecule has 0 fully saturated rings. The van der Waals surface area contributed by atoms with Crippen molar-refractivity contribution in [3.63, 3.8) is 0 Å². The molecule has 2 N–H and O–H groups in total. The summed E-state index contributed by atoms with van der Waals surface area (Å²) in [6.45, 7) is 1.27. The van der Waals surface area contributed by atoms with E-state index in [1.54, 1.807) is 12.1 Å². The van der Waals surface area contributed by atoms with E-state index in [1.165, 1.54) is 4.68 Å². The summed E-state index contributed by atoms with van der Waals surface area (Å²) >= 11 is 0. The molecule has 0 unspecified atom stereocenters. The van der Waals surface area contributed by atoms with Gasteiger partial charge < -0.3 is 5.73 Å². The molecule has 4 nitrogen and oxygen atoms in total. The third kappa shape index (κ3) is 3.05. The topological polar surface area (TPSA) is 60.9 Å². The summed E-state index contributed by atoms with van der Waals surface area (Å²) in [5.41, 5.74) is 7.22. The van der Waals surface area contributed by atoms with E-state index in [4.69, 9.17) is 5.73 Å². The Bertz CT molecular complexity index is 548. The smallest absolute Gasteiger partial charge is 0.266 e. The molecule has 0 atom stereocenters. The Hall–Kier alpha value is -1.94. The molecule has 0 amide bonds. The molecule has 0 spiro atoms. The molecular weight excluding hydrogens is 226 g/mol. The van der Waals surface area contributed by atoms with Gasteiger partial charge in [0, 0.05) is 18.2 Å². The van der Waals surface area contributed by atoms with Gasteiger partial charge in [0.2, 0.25) is 0 Å². The van der Waals surface area contributed by atoms with Gasteiger partial charge in [-0.05, 0) is 25.5 Å². The number of unbranched alkanes of at least 4 members (excludes halogenated alkanes) is 1. The molecule has 94 valence electrons. The highest BCUT2D eigenvalue weighted by molar-refractivity contribution is 5.57. The summed E-state index contributed by atoms with van der Waals surface area (Å²) in [6.07, 6.45) is 1.78. The van der Waals surface area contributed by atoms with Crippen LogP contribution in [0.3, 0.4) is 0 Å². The summed E-state index contributed by atoms with van der Waals surface area (Å²) in [5, 5.41) is 4.38. The maximum absolute atomic E-state index is 11.7. The highest BCUT2D eigenvalue weighted by Crippen LogP contribution is 2.13. The molecule has 1 aromatic carbocycles. The summed E-state index contributed by atoms with van der Waals surface area (Å²) in [7, 11) is 0. The molecule has 4 heteroatoms. The largest absolute Gasteiger partial charge is 0.330 e. The molecule has 1 aromatic heterocycles. The zero-order valence-electron chi connectivity index (χ0n) is 10.2. The van der Waals surface area contributed by atoms with Gasteiger partial charge in [-0.1, -0.05) is 30.3 Å². The van der Waals surface area contributed by atoms with Crippen LogP contribution in [0.4, 0.5) is 0 Å². The van der Waals surface area contributed by atoms with Crippen molar-refractivity contribution in [2.75, 3.05) is 6.54 Å². The number of benzene rings is 1.